The van der Waals surface area contributed by atoms with Crippen LogP contribution in [-0.2, 0) is 4.12 Å². The summed E-state index contributed by atoms with van der Waals surface area (Å²) in [5.41, 5.74) is 0. The van der Waals surface area contributed by atoms with Crippen LogP contribution >= 0.6 is 0 Å². The van der Waals surface area contributed by atoms with Crippen molar-refractivity contribution in [3.8, 4) is 0 Å². The Hall–Kier alpha value is 0.574. The second-order valence-electron chi connectivity index (χ2n) is 2.52. The second-order valence-corrected chi connectivity index (χ2v) is 6.62. The molecule has 0 bridgehead atoms. The summed E-state index contributed by atoms with van der Waals surface area (Å²) >= 11 is 0. The van der Waals surface area contributed by atoms with Crippen molar-refractivity contribution < 1.29 is 38.5 Å². The van der Waals surface area contributed by atoms with Crippen LogP contribution in [-0.4, -0.2) is 19.0 Å². The molecule has 1 atom stereocenters. The van der Waals surface area contributed by atoms with Gasteiger partial charge in [-0.1, -0.05) is 36.9 Å². The summed E-state index contributed by atoms with van der Waals surface area (Å²) in [6.45, 7) is 1.68. The first kappa shape index (κ1) is 12.6. The Labute approximate surface area is 99.0 Å². The van der Waals surface area contributed by atoms with Crippen molar-refractivity contribution in [3.05, 3.63) is 30.3 Å². The number of hydrogen-bond donors (Lipinski definition) is 0. The normalized spacial score (nSPS) is 14.8. The van der Waals surface area contributed by atoms with Gasteiger partial charge in [0.15, 0.2) is 0 Å². The summed E-state index contributed by atoms with van der Waals surface area (Å²) in [6.07, 6.45) is 0. The predicted octanol–water partition coefficient (Wildman–Crippen LogP) is -4.37. The molecule has 0 saturated carbocycles. The zero-order valence-electron chi connectivity index (χ0n) is 7.70. The largest absolute Gasteiger partial charge is 1.00 e. The molecule has 0 amide bonds. The average Bonchev–Trinajstić information content (AvgIpc) is 2.06. The first-order valence-electron chi connectivity index (χ1n) is 3.48. The maximum Gasteiger partial charge on any atom is 1.00 e. The van der Waals surface area contributed by atoms with Gasteiger partial charge in [0.05, 0.1) is 0 Å². The smallest absolute Gasteiger partial charge is 0.835 e. The standard InChI is InChI=1S/C7H11O2Si2.Na/c1-11(8,9-10)7-5-3-2-4-6-7;/h2-6H,1,10H3;/q-1;+1. The second kappa shape index (κ2) is 5.34. The molecule has 2 nitrogen and oxygen atoms in total. The first-order chi connectivity index (χ1) is 5.17. The number of hydrogen-bond acceptors (Lipinski definition) is 2. The van der Waals surface area contributed by atoms with Gasteiger partial charge in [-0.05, 0) is 5.19 Å². The van der Waals surface area contributed by atoms with E-state index in [1.54, 1.807) is 6.55 Å². The number of benzene rings is 1. The average molecular weight is 206 g/mol. The van der Waals surface area contributed by atoms with E-state index in [4.69, 9.17) is 4.12 Å². The van der Waals surface area contributed by atoms with E-state index < -0.39 is 8.56 Å². The summed E-state index contributed by atoms with van der Waals surface area (Å²) in [5.74, 6) is 0. The molecule has 1 rings (SSSR count). The fourth-order valence-electron chi connectivity index (χ4n) is 0.859. The van der Waals surface area contributed by atoms with Gasteiger partial charge >= 0.3 is 29.6 Å². The molecule has 0 aliphatic carbocycles. The van der Waals surface area contributed by atoms with E-state index >= 15 is 0 Å². The van der Waals surface area contributed by atoms with E-state index in [9.17, 15) is 4.80 Å². The van der Waals surface area contributed by atoms with Gasteiger partial charge < -0.3 is 8.91 Å². The molecule has 1 aromatic rings. The van der Waals surface area contributed by atoms with Crippen LogP contribution in [0.5, 0.6) is 0 Å². The summed E-state index contributed by atoms with van der Waals surface area (Å²) in [4.78, 5) is 11.6. The topological polar surface area (TPSA) is 32.3 Å². The zero-order chi connectivity index (χ0) is 8.32. The Bertz CT molecular complexity index is 228. The van der Waals surface area contributed by atoms with Crippen molar-refractivity contribution >= 4 is 24.2 Å². The minimum atomic E-state index is -2.74. The van der Waals surface area contributed by atoms with E-state index in [0.29, 0.717) is 10.5 Å². The van der Waals surface area contributed by atoms with Gasteiger partial charge in [0.2, 0.25) is 0 Å². The summed E-state index contributed by atoms with van der Waals surface area (Å²) in [6, 6.07) is 9.34. The van der Waals surface area contributed by atoms with E-state index in [2.05, 4.69) is 0 Å². The van der Waals surface area contributed by atoms with Crippen molar-refractivity contribution in [1.82, 2.24) is 0 Å². The molecule has 0 heterocycles. The molecule has 0 radical (unpaired) electrons. The number of rotatable bonds is 2. The van der Waals surface area contributed by atoms with Crippen molar-refractivity contribution in [2.45, 2.75) is 6.55 Å². The Kier molecular flexibility index (Phi) is 5.59. The van der Waals surface area contributed by atoms with Gasteiger partial charge in [-0.15, -0.1) is 0 Å². The van der Waals surface area contributed by atoms with Crippen LogP contribution in [0.25, 0.3) is 0 Å². The molecule has 12 heavy (non-hydrogen) atoms. The van der Waals surface area contributed by atoms with E-state index in [0.717, 1.165) is 5.19 Å². The molecule has 0 aliphatic heterocycles. The van der Waals surface area contributed by atoms with Crippen molar-refractivity contribution in [3.63, 3.8) is 0 Å². The zero-order valence-corrected chi connectivity index (χ0v) is 12.7. The van der Waals surface area contributed by atoms with E-state index in [-0.39, 0.29) is 29.6 Å². The summed E-state index contributed by atoms with van der Waals surface area (Å²) in [5, 5.41) is 0.829. The molecule has 0 aliphatic rings. The van der Waals surface area contributed by atoms with Gasteiger partial charge in [0.1, 0.15) is 19.0 Å². The van der Waals surface area contributed by atoms with Crippen LogP contribution in [0.4, 0.5) is 0 Å². The van der Waals surface area contributed by atoms with Gasteiger partial charge in [-0.3, -0.25) is 0 Å². The van der Waals surface area contributed by atoms with Gasteiger partial charge in [-0.25, -0.2) is 0 Å². The van der Waals surface area contributed by atoms with E-state index in [1.165, 1.54) is 0 Å². The Morgan fingerprint density at radius 2 is 1.83 bits per heavy atom. The monoisotopic (exact) mass is 206 g/mol. The third-order valence-electron chi connectivity index (χ3n) is 1.69. The Morgan fingerprint density at radius 1 is 1.33 bits per heavy atom. The van der Waals surface area contributed by atoms with Crippen molar-refractivity contribution in [2.24, 2.45) is 0 Å². The third-order valence-corrected chi connectivity index (χ3v) is 6.19. The maximum atomic E-state index is 11.6. The van der Waals surface area contributed by atoms with Gasteiger partial charge in [-0.2, -0.15) is 0 Å². The van der Waals surface area contributed by atoms with Crippen LogP contribution < -0.4 is 39.5 Å². The van der Waals surface area contributed by atoms with Crippen LogP contribution in [0.2, 0.25) is 6.55 Å². The molecular weight excluding hydrogens is 195 g/mol. The quantitative estimate of drug-likeness (QED) is 0.458. The molecule has 0 saturated heterocycles. The molecule has 60 valence electrons. The van der Waals surface area contributed by atoms with Gasteiger partial charge in [0, 0.05) is 0 Å². The first-order valence-corrected chi connectivity index (χ1v) is 6.61. The van der Waals surface area contributed by atoms with Crippen molar-refractivity contribution in [2.75, 3.05) is 0 Å². The predicted molar refractivity (Wildman–Crippen MR) is 48.7 cm³/mol. The molecular formula is C7H11NaO2Si2. The molecule has 0 spiro atoms. The molecule has 5 heteroatoms. The molecule has 0 N–H and O–H groups in total. The van der Waals surface area contributed by atoms with E-state index in [1.807, 2.05) is 30.3 Å². The summed E-state index contributed by atoms with van der Waals surface area (Å²) < 4.78 is 5.05. The minimum absolute atomic E-state index is 0. The minimum Gasteiger partial charge on any atom is -0.835 e. The van der Waals surface area contributed by atoms with Crippen LogP contribution in [0.1, 0.15) is 0 Å². The molecule has 1 unspecified atom stereocenters. The Morgan fingerprint density at radius 3 is 2.25 bits per heavy atom. The fraction of sp³-hybridized carbons (Fsp3) is 0.143. The fourth-order valence-corrected chi connectivity index (χ4v) is 2.60. The third kappa shape index (κ3) is 3.14. The van der Waals surface area contributed by atoms with Crippen molar-refractivity contribution in [1.29, 1.82) is 0 Å². The van der Waals surface area contributed by atoms with Crippen LogP contribution in [0, 0.1) is 0 Å². The molecule has 1 aromatic carbocycles. The molecule has 0 fully saturated rings. The summed E-state index contributed by atoms with van der Waals surface area (Å²) in [7, 11) is -2.21. The SMILES string of the molecule is C[Si]([O-])(O[SiH3])c1ccccc1.[Na+]. The maximum absolute atomic E-state index is 11.6. The molecule has 0 aromatic heterocycles. The van der Waals surface area contributed by atoms with Crippen LogP contribution in [0.15, 0.2) is 30.3 Å². The Balaban J connectivity index is 0.00000121. The van der Waals surface area contributed by atoms with Crippen LogP contribution in [0.3, 0.4) is 0 Å². The van der Waals surface area contributed by atoms with Gasteiger partial charge in [0.25, 0.3) is 0 Å².